The fourth-order valence-electron chi connectivity index (χ4n) is 1.88. The minimum Gasteiger partial charge on any atom is -0.465 e. The van der Waals surface area contributed by atoms with Gasteiger partial charge in [0.1, 0.15) is 18.8 Å². The van der Waals surface area contributed by atoms with Gasteiger partial charge >= 0.3 is 0 Å². The van der Waals surface area contributed by atoms with E-state index in [1.807, 2.05) is 6.07 Å². The van der Waals surface area contributed by atoms with E-state index >= 15 is 0 Å². The molecule has 5 heteroatoms. The largest absolute Gasteiger partial charge is 0.465 e. The van der Waals surface area contributed by atoms with Crippen molar-refractivity contribution in [1.82, 2.24) is 5.32 Å². The molecule has 0 aromatic carbocycles. The van der Waals surface area contributed by atoms with Crippen LogP contribution in [0.15, 0.2) is 28.9 Å². The number of hydrogen-bond donors (Lipinski definition) is 2. The Hall–Kier alpha value is -1.59. The quantitative estimate of drug-likeness (QED) is 0.682. The molecule has 0 spiro atoms. The van der Waals surface area contributed by atoms with Crippen LogP contribution in [0, 0.1) is 0 Å². The number of quaternary nitrogens is 1. The van der Waals surface area contributed by atoms with Crippen LogP contribution in [0.2, 0.25) is 0 Å². The van der Waals surface area contributed by atoms with Gasteiger partial charge in [-0.05, 0) is 18.2 Å². The number of nitrogens with one attached hydrogen (secondary N) is 2. The highest BCUT2D eigenvalue weighted by Crippen LogP contribution is 2.01. The van der Waals surface area contributed by atoms with Gasteiger partial charge in [0.2, 0.25) is 5.91 Å². The van der Waals surface area contributed by atoms with Crippen molar-refractivity contribution in [1.29, 1.82) is 0 Å². The summed E-state index contributed by atoms with van der Waals surface area (Å²) in [5, 5.41) is 2.86. The average Bonchev–Trinajstić information content (AvgIpc) is 2.91. The Balaban J connectivity index is 1.62. The molecule has 18 heavy (non-hydrogen) atoms. The number of carbonyl (C=O) groups excluding carboxylic acids is 1. The summed E-state index contributed by atoms with van der Waals surface area (Å²) in [6, 6.07) is 3.60. The third-order valence-corrected chi connectivity index (χ3v) is 2.92. The molecule has 98 valence electrons. The number of morpholine rings is 1. The normalized spacial score (nSPS) is 17.1. The first kappa shape index (κ1) is 12.9. The number of carbonyl (C=O) groups is 1. The van der Waals surface area contributed by atoms with E-state index in [-0.39, 0.29) is 5.91 Å². The van der Waals surface area contributed by atoms with E-state index < -0.39 is 0 Å². The maximum absolute atomic E-state index is 11.5. The monoisotopic (exact) mass is 251 g/mol. The van der Waals surface area contributed by atoms with Crippen LogP contribution in [0.1, 0.15) is 5.76 Å². The molecule has 2 N–H and O–H groups in total. The van der Waals surface area contributed by atoms with Gasteiger partial charge in [0, 0.05) is 6.08 Å². The summed E-state index contributed by atoms with van der Waals surface area (Å²) in [7, 11) is 0. The summed E-state index contributed by atoms with van der Waals surface area (Å²) >= 11 is 0. The van der Waals surface area contributed by atoms with Crippen LogP contribution >= 0.6 is 0 Å². The van der Waals surface area contributed by atoms with Crippen molar-refractivity contribution in [3.8, 4) is 0 Å². The molecule has 0 unspecified atom stereocenters. The van der Waals surface area contributed by atoms with Crippen LogP contribution in [-0.2, 0) is 9.53 Å². The molecule has 1 aliphatic heterocycles. The molecule has 1 aromatic rings. The molecule has 0 aliphatic carbocycles. The summed E-state index contributed by atoms with van der Waals surface area (Å²) in [5.41, 5.74) is 0. The molecule has 2 heterocycles. The van der Waals surface area contributed by atoms with Crippen molar-refractivity contribution in [2.75, 3.05) is 39.4 Å². The molecule has 2 rings (SSSR count). The van der Waals surface area contributed by atoms with E-state index in [1.54, 1.807) is 18.4 Å². The van der Waals surface area contributed by atoms with Gasteiger partial charge in [-0.3, -0.25) is 4.79 Å². The van der Waals surface area contributed by atoms with E-state index in [0.717, 1.165) is 32.8 Å². The number of amides is 1. The van der Waals surface area contributed by atoms with Crippen LogP contribution in [0.25, 0.3) is 6.08 Å². The van der Waals surface area contributed by atoms with Crippen LogP contribution in [0.3, 0.4) is 0 Å². The molecule has 1 aliphatic rings. The second kappa shape index (κ2) is 6.98. The zero-order valence-electron chi connectivity index (χ0n) is 10.4. The van der Waals surface area contributed by atoms with Crippen LogP contribution < -0.4 is 10.2 Å². The molecule has 1 amide bonds. The first-order valence-corrected chi connectivity index (χ1v) is 6.25. The SMILES string of the molecule is O=C(/C=C/c1ccco1)NCC[NH+]1CCOCC1. The molecule has 0 bridgehead atoms. The topological polar surface area (TPSA) is 55.9 Å². The van der Waals surface area contributed by atoms with Gasteiger partial charge in [-0.1, -0.05) is 0 Å². The molecule has 5 nitrogen and oxygen atoms in total. The minimum atomic E-state index is -0.0842. The van der Waals surface area contributed by atoms with Gasteiger partial charge in [-0.15, -0.1) is 0 Å². The summed E-state index contributed by atoms with van der Waals surface area (Å²) in [4.78, 5) is 13.0. The molecule has 0 atom stereocenters. The maximum atomic E-state index is 11.5. The lowest BCUT2D eigenvalue weighted by Crippen LogP contribution is -3.14. The molecule has 0 saturated carbocycles. The fourth-order valence-corrected chi connectivity index (χ4v) is 1.88. The second-order valence-electron chi connectivity index (χ2n) is 4.25. The Morgan fingerprint density at radius 3 is 3.00 bits per heavy atom. The Morgan fingerprint density at radius 1 is 1.44 bits per heavy atom. The van der Waals surface area contributed by atoms with Crippen LogP contribution in [0.4, 0.5) is 0 Å². The molecular weight excluding hydrogens is 232 g/mol. The number of hydrogen-bond acceptors (Lipinski definition) is 3. The average molecular weight is 251 g/mol. The molecule has 1 saturated heterocycles. The first-order valence-electron chi connectivity index (χ1n) is 6.25. The van der Waals surface area contributed by atoms with Crippen LogP contribution in [0.5, 0.6) is 0 Å². The lowest BCUT2D eigenvalue weighted by molar-refractivity contribution is -0.906. The number of rotatable bonds is 5. The van der Waals surface area contributed by atoms with Gasteiger partial charge in [-0.25, -0.2) is 0 Å². The van der Waals surface area contributed by atoms with Crippen molar-refractivity contribution in [2.24, 2.45) is 0 Å². The lowest BCUT2D eigenvalue weighted by Gasteiger charge is -2.23. The molecule has 1 fully saturated rings. The highest BCUT2D eigenvalue weighted by molar-refractivity contribution is 5.91. The Morgan fingerprint density at radius 2 is 2.28 bits per heavy atom. The summed E-state index contributed by atoms with van der Waals surface area (Å²) in [6.45, 7) is 5.33. The second-order valence-corrected chi connectivity index (χ2v) is 4.25. The van der Waals surface area contributed by atoms with Gasteiger partial charge < -0.3 is 19.4 Å². The fraction of sp³-hybridized carbons (Fsp3) is 0.462. The lowest BCUT2D eigenvalue weighted by atomic mass is 10.3. The van der Waals surface area contributed by atoms with Crippen molar-refractivity contribution >= 4 is 12.0 Å². The maximum Gasteiger partial charge on any atom is 0.244 e. The molecule has 0 radical (unpaired) electrons. The van der Waals surface area contributed by atoms with E-state index in [2.05, 4.69) is 5.32 Å². The minimum absolute atomic E-state index is 0.0842. The van der Waals surface area contributed by atoms with Crippen molar-refractivity contribution in [2.45, 2.75) is 0 Å². The molecule has 1 aromatic heterocycles. The Kier molecular flexibility index (Phi) is 4.99. The Bertz CT molecular complexity index is 381. The van der Waals surface area contributed by atoms with Gasteiger partial charge in [0.05, 0.1) is 32.6 Å². The zero-order chi connectivity index (χ0) is 12.6. The number of furan rings is 1. The highest BCUT2D eigenvalue weighted by atomic mass is 16.5. The third kappa shape index (κ3) is 4.35. The summed E-state index contributed by atoms with van der Waals surface area (Å²) < 4.78 is 10.4. The van der Waals surface area contributed by atoms with Gasteiger partial charge in [0.25, 0.3) is 0 Å². The highest BCUT2D eigenvalue weighted by Gasteiger charge is 2.12. The summed E-state index contributed by atoms with van der Waals surface area (Å²) in [5.74, 6) is 0.600. The third-order valence-electron chi connectivity index (χ3n) is 2.92. The van der Waals surface area contributed by atoms with Crippen molar-refractivity contribution < 1.29 is 18.8 Å². The predicted molar refractivity (Wildman–Crippen MR) is 67.1 cm³/mol. The van der Waals surface area contributed by atoms with Crippen molar-refractivity contribution in [3.63, 3.8) is 0 Å². The van der Waals surface area contributed by atoms with E-state index in [4.69, 9.17) is 9.15 Å². The standard InChI is InChI=1S/C13H18N2O3/c16-13(4-3-12-2-1-9-18-12)14-5-6-15-7-10-17-11-8-15/h1-4,9H,5-8,10-11H2,(H,14,16)/p+1/b4-3+. The smallest absolute Gasteiger partial charge is 0.244 e. The zero-order valence-corrected chi connectivity index (χ0v) is 10.4. The summed E-state index contributed by atoms with van der Waals surface area (Å²) in [6.07, 6.45) is 4.74. The van der Waals surface area contributed by atoms with E-state index in [0.29, 0.717) is 12.3 Å². The van der Waals surface area contributed by atoms with E-state index in [9.17, 15) is 4.79 Å². The van der Waals surface area contributed by atoms with E-state index in [1.165, 1.54) is 11.0 Å². The van der Waals surface area contributed by atoms with Gasteiger partial charge in [-0.2, -0.15) is 0 Å². The molecular formula is C13H19N2O3+. The first-order chi connectivity index (χ1) is 8.84. The van der Waals surface area contributed by atoms with Crippen LogP contribution in [-0.4, -0.2) is 45.3 Å². The Labute approximate surface area is 106 Å². The van der Waals surface area contributed by atoms with Gasteiger partial charge in [0.15, 0.2) is 0 Å². The number of ether oxygens (including phenoxy) is 1. The predicted octanol–water partition coefficient (Wildman–Crippen LogP) is -0.676. The van der Waals surface area contributed by atoms with Crippen molar-refractivity contribution in [3.05, 3.63) is 30.2 Å².